The number of hydrogen-bond donors (Lipinski definition) is 2. The zero-order chi connectivity index (χ0) is 20.0. The van der Waals surface area contributed by atoms with Crippen LogP contribution < -0.4 is 11.1 Å². The molecular weight excluding hydrogens is 344 g/mol. The van der Waals surface area contributed by atoms with Crippen LogP contribution in [0.5, 0.6) is 0 Å². The number of nitrogens with one attached hydrogen (secondary N) is 1. The van der Waals surface area contributed by atoms with Crippen molar-refractivity contribution in [2.75, 3.05) is 19.6 Å². The highest BCUT2D eigenvalue weighted by atomic mass is 16.2. The van der Waals surface area contributed by atoms with Gasteiger partial charge in [-0.25, -0.2) is 4.79 Å². The van der Waals surface area contributed by atoms with Gasteiger partial charge in [-0.15, -0.1) is 0 Å². The van der Waals surface area contributed by atoms with Gasteiger partial charge < -0.3 is 16.0 Å². The number of nitrogens with two attached hydrogens (primary N) is 1. The molecule has 3 unspecified atom stereocenters. The molecule has 0 aromatic rings. The summed E-state index contributed by atoms with van der Waals surface area (Å²) in [6.45, 7) is 9.53. The average molecular weight is 379 g/mol. The molecule has 3 fully saturated rings. The molecule has 2 saturated heterocycles. The van der Waals surface area contributed by atoms with Crippen molar-refractivity contribution >= 4 is 17.8 Å². The van der Waals surface area contributed by atoms with Gasteiger partial charge in [0.15, 0.2) is 0 Å². The molecule has 0 radical (unpaired) electrons. The Kier molecular flexibility index (Phi) is 5.27. The molecule has 152 valence electrons. The molecule has 3 N–H and O–H groups in total. The average Bonchev–Trinajstić information content (AvgIpc) is 2.76. The molecule has 1 saturated carbocycles. The number of imide groups is 1. The summed E-state index contributed by atoms with van der Waals surface area (Å²) in [5.74, 6) is 0.402. The van der Waals surface area contributed by atoms with E-state index >= 15 is 0 Å². The Morgan fingerprint density at radius 2 is 1.89 bits per heavy atom. The standard InChI is InChI=1S/C20H34N4O3/c1-13-9-19(3,4)12-20(10-13)17(26)24(18(27)22-20)11-16(25)23-7-5-15(6-8-23)14(2)21/h13-15H,5-12,21H2,1-4H3,(H,22,27). The van der Waals surface area contributed by atoms with E-state index in [2.05, 4.69) is 26.1 Å². The number of carbonyl (C=O) groups excluding carboxylic acids is 3. The third-order valence-electron chi connectivity index (χ3n) is 6.55. The van der Waals surface area contributed by atoms with Crippen molar-refractivity contribution in [3.05, 3.63) is 0 Å². The fourth-order valence-corrected chi connectivity index (χ4v) is 5.56. The number of piperidine rings is 1. The van der Waals surface area contributed by atoms with Crippen LogP contribution in [-0.4, -0.2) is 58.9 Å². The van der Waals surface area contributed by atoms with Crippen LogP contribution >= 0.6 is 0 Å². The number of amides is 4. The zero-order valence-electron chi connectivity index (χ0n) is 17.1. The number of rotatable bonds is 3. The Morgan fingerprint density at radius 1 is 1.26 bits per heavy atom. The molecule has 1 aliphatic carbocycles. The van der Waals surface area contributed by atoms with Gasteiger partial charge in [0.1, 0.15) is 12.1 Å². The molecule has 7 nitrogen and oxygen atoms in total. The van der Waals surface area contributed by atoms with Gasteiger partial charge in [-0.3, -0.25) is 14.5 Å². The van der Waals surface area contributed by atoms with Gasteiger partial charge in [0, 0.05) is 19.1 Å². The second kappa shape index (κ2) is 7.08. The molecule has 27 heavy (non-hydrogen) atoms. The lowest BCUT2D eigenvalue weighted by Gasteiger charge is -2.43. The number of carbonyl (C=O) groups is 3. The topological polar surface area (TPSA) is 95.7 Å². The number of urea groups is 1. The van der Waals surface area contributed by atoms with Gasteiger partial charge in [-0.2, -0.15) is 0 Å². The van der Waals surface area contributed by atoms with Gasteiger partial charge in [-0.05, 0) is 56.3 Å². The smallest absolute Gasteiger partial charge is 0.325 e. The van der Waals surface area contributed by atoms with Crippen LogP contribution in [0.15, 0.2) is 0 Å². The second-order valence-corrected chi connectivity index (χ2v) is 9.84. The molecule has 0 aromatic heterocycles. The quantitative estimate of drug-likeness (QED) is 0.731. The highest BCUT2D eigenvalue weighted by Gasteiger charge is 2.56. The Labute approximate surface area is 162 Å². The van der Waals surface area contributed by atoms with Crippen molar-refractivity contribution in [3.63, 3.8) is 0 Å². The van der Waals surface area contributed by atoms with Crippen molar-refractivity contribution < 1.29 is 14.4 Å². The van der Waals surface area contributed by atoms with E-state index in [1.54, 1.807) is 4.90 Å². The lowest BCUT2D eigenvalue weighted by Crippen LogP contribution is -2.54. The fraction of sp³-hybridized carbons (Fsp3) is 0.850. The predicted molar refractivity (Wildman–Crippen MR) is 103 cm³/mol. The van der Waals surface area contributed by atoms with Crippen molar-refractivity contribution in [3.8, 4) is 0 Å². The van der Waals surface area contributed by atoms with Crippen molar-refractivity contribution in [2.24, 2.45) is 23.0 Å². The first-order chi connectivity index (χ1) is 12.5. The molecule has 3 aliphatic rings. The summed E-state index contributed by atoms with van der Waals surface area (Å²) in [7, 11) is 0. The monoisotopic (exact) mass is 378 g/mol. The van der Waals surface area contributed by atoms with E-state index in [1.807, 2.05) is 6.92 Å². The van der Waals surface area contributed by atoms with Crippen LogP contribution in [-0.2, 0) is 9.59 Å². The predicted octanol–water partition coefficient (Wildman–Crippen LogP) is 1.71. The first-order valence-electron chi connectivity index (χ1n) is 10.2. The summed E-state index contributed by atoms with van der Waals surface area (Å²) in [6.07, 6.45) is 4.05. The van der Waals surface area contributed by atoms with Gasteiger partial charge in [0.2, 0.25) is 5.91 Å². The Hall–Kier alpha value is -1.63. The van der Waals surface area contributed by atoms with Crippen LogP contribution in [0.25, 0.3) is 0 Å². The van der Waals surface area contributed by atoms with E-state index in [4.69, 9.17) is 5.73 Å². The summed E-state index contributed by atoms with van der Waals surface area (Å²) >= 11 is 0. The highest BCUT2D eigenvalue weighted by molar-refractivity contribution is 6.09. The Morgan fingerprint density at radius 3 is 2.44 bits per heavy atom. The maximum atomic E-state index is 13.1. The SMILES string of the molecule is CC1CC(C)(C)CC2(C1)NC(=O)N(CC(=O)N1CCC(C(C)N)CC1)C2=O. The van der Waals surface area contributed by atoms with E-state index in [-0.39, 0.29) is 29.8 Å². The van der Waals surface area contributed by atoms with Crippen LogP contribution in [0.4, 0.5) is 4.79 Å². The normalized spacial score (nSPS) is 32.7. The maximum absolute atomic E-state index is 13.1. The third-order valence-corrected chi connectivity index (χ3v) is 6.55. The maximum Gasteiger partial charge on any atom is 0.325 e. The minimum absolute atomic E-state index is 0.0125. The summed E-state index contributed by atoms with van der Waals surface area (Å²) in [6, 6.07) is -0.298. The lowest BCUT2D eigenvalue weighted by atomic mass is 9.64. The molecule has 3 atom stereocenters. The Balaban J connectivity index is 1.65. The van der Waals surface area contributed by atoms with Crippen LogP contribution in [0.3, 0.4) is 0 Å². The number of hydrogen-bond acceptors (Lipinski definition) is 4. The largest absolute Gasteiger partial charge is 0.341 e. The zero-order valence-corrected chi connectivity index (χ0v) is 17.1. The summed E-state index contributed by atoms with van der Waals surface area (Å²) < 4.78 is 0. The van der Waals surface area contributed by atoms with E-state index in [0.717, 1.165) is 24.2 Å². The van der Waals surface area contributed by atoms with Crippen molar-refractivity contribution in [2.45, 2.75) is 71.4 Å². The van der Waals surface area contributed by atoms with Crippen LogP contribution in [0.2, 0.25) is 0 Å². The summed E-state index contributed by atoms with van der Waals surface area (Å²) in [5.41, 5.74) is 5.10. The van der Waals surface area contributed by atoms with E-state index in [1.165, 1.54) is 0 Å². The summed E-state index contributed by atoms with van der Waals surface area (Å²) in [4.78, 5) is 41.3. The van der Waals surface area contributed by atoms with Gasteiger partial charge >= 0.3 is 6.03 Å². The molecule has 2 aliphatic heterocycles. The molecular formula is C20H34N4O3. The van der Waals surface area contributed by atoms with Crippen LogP contribution in [0.1, 0.15) is 59.8 Å². The molecule has 0 aromatic carbocycles. The highest BCUT2D eigenvalue weighted by Crippen LogP contribution is 2.46. The van der Waals surface area contributed by atoms with Gasteiger partial charge in [0.25, 0.3) is 5.91 Å². The molecule has 0 bridgehead atoms. The van der Waals surface area contributed by atoms with Crippen molar-refractivity contribution in [1.82, 2.24) is 15.1 Å². The molecule has 4 amide bonds. The summed E-state index contributed by atoms with van der Waals surface area (Å²) in [5, 5.41) is 2.94. The third kappa shape index (κ3) is 3.98. The minimum atomic E-state index is -0.847. The number of likely N-dealkylation sites (tertiary alicyclic amines) is 1. The fourth-order valence-electron chi connectivity index (χ4n) is 5.56. The lowest BCUT2D eigenvalue weighted by molar-refractivity contribution is -0.141. The van der Waals surface area contributed by atoms with E-state index in [0.29, 0.717) is 37.8 Å². The molecule has 7 heteroatoms. The van der Waals surface area contributed by atoms with Crippen LogP contribution in [0, 0.1) is 17.3 Å². The first kappa shape index (κ1) is 20.1. The molecule has 2 heterocycles. The van der Waals surface area contributed by atoms with E-state index in [9.17, 15) is 14.4 Å². The first-order valence-corrected chi connectivity index (χ1v) is 10.2. The number of nitrogens with zero attached hydrogens (tertiary/aromatic N) is 2. The van der Waals surface area contributed by atoms with Gasteiger partial charge in [0.05, 0.1) is 0 Å². The second-order valence-electron chi connectivity index (χ2n) is 9.84. The Bertz CT molecular complexity index is 625. The van der Waals surface area contributed by atoms with Gasteiger partial charge in [-0.1, -0.05) is 20.8 Å². The van der Waals surface area contributed by atoms with Crippen molar-refractivity contribution in [1.29, 1.82) is 0 Å². The minimum Gasteiger partial charge on any atom is -0.341 e. The molecule has 3 rings (SSSR count). The molecule has 1 spiro atoms. The van der Waals surface area contributed by atoms with E-state index < -0.39 is 11.6 Å².